The van der Waals surface area contributed by atoms with E-state index in [2.05, 4.69) is 26.2 Å². The predicted molar refractivity (Wildman–Crippen MR) is 92.5 cm³/mol. The molecule has 0 saturated heterocycles. The van der Waals surface area contributed by atoms with Crippen molar-refractivity contribution in [1.29, 1.82) is 0 Å². The summed E-state index contributed by atoms with van der Waals surface area (Å²) in [5, 5.41) is 3.38. The molecule has 2 aromatic carbocycles. The number of carbonyl (C=O) groups excluding carboxylic acids is 1. The molecule has 1 amide bonds. The number of thiazole rings is 1. The van der Waals surface area contributed by atoms with E-state index in [-0.39, 0.29) is 5.91 Å². The first kappa shape index (κ1) is 15.0. The van der Waals surface area contributed by atoms with Crippen LogP contribution in [0.1, 0.15) is 6.92 Å². The third-order valence-electron chi connectivity index (χ3n) is 3.02. The maximum absolute atomic E-state index is 12.2. The molecule has 0 bridgehead atoms. The number of hydrogen-bond acceptors (Lipinski definition) is 4. The monoisotopic (exact) mass is 376 g/mol. The molecule has 1 N–H and O–H groups in total. The Hall–Kier alpha value is -1.92. The van der Waals surface area contributed by atoms with Gasteiger partial charge < -0.3 is 4.74 Å². The second-order valence-electron chi connectivity index (χ2n) is 4.69. The first-order valence-corrected chi connectivity index (χ1v) is 8.31. The van der Waals surface area contributed by atoms with Crippen LogP contribution in [0.4, 0.5) is 5.13 Å². The number of anilines is 1. The summed E-state index contributed by atoms with van der Waals surface area (Å²) >= 11 is 4.81. The van der Waals surface area contributed by atoms with Gasteiger partial charge in [0.05, 0.1) is 10.2 Å². The number of amides is 1. The fourth-order valence-corrected chi connectivity index (χ4v) is 3.04. The molecule has 1 atom stereocenters. The number of rotatable bonds is 4. The molecule has 3 aromatic rings. The molecule has 0 radical (unpaired) electrons. The number of hydrogen-bond donors (Lipinski definition) is 1. The Morgan fingerprint density at radius 3 is 2.68 bits per heavy atom. The topological polar surface area (TPSA) is 51.2 Å². The lowest BCUT2D eigenvalue weighted by molar-refractivity contribution is -0.122. The molecule has 6 heteroatoms. The number of benzene rings is 2. The van der Waals surface area contributed by atoms with Crippen molar-refractivity contribution in [2.75, 3.05) is 5.32 Å². The van der Waals surface area contributed by atoms with Crippen molar-refractivity contribution >= 4 is 48.5 Å². The van der Waals surface area contributed by atoms with Gasteiger partial charge in [-0.1, -0.05) is 39.4 Å². The average Bonchev–Trinajstić information content (AvgIpc) is 2.91. The van der Waals surface area contributed by atoms with E-state index in [1.807, 2.05) is 48.5 Å². The van der Waals surface area contributed by atoms with Crippen LogP contribution in [0, 0.1) is 0 Å². The van der Waals surface area contributed by atoms with Crippen molar-refractivity contribution in [3.05, 3.63) is 53.0 Å². The van der Waals surface area contributed by atoms with Gasteiger partial charge in [0.25, 0.3) is 5.91 Å². The Bertz CT molecular complexity index is 768. The maximum atomic E-state index is 12.2. The number of para-hydroxylation sites is 1. The van der Waals surface area contributed by atoms with E-state index in [1.54, 1.807) is 6.92 Å². The van der Waals surface area contributed by atoms with E-state index in [0.29, 0.717) is 10.9 Å². The molecule has 1 aromatic heterocycles. The first-order valence-electron chi connectivity index (χ1n) is 6.70. The quantitative estimate of drug-likeness (QED) is 0.730. The maximum Gasteiger partial charge on any atom is 0.266 e. The molecule has 0 aliphatic carbocycles. The van der Waals surface area contributed by atoms with Crippen molar-refractivity contribution in [2.24, 2.45) is 0 Å². The van der Waals surface area contributed by atoms with Crippen LogP contribution in [-0.2, 0) is 4.79 Å². The summed E-state index contributed by atoms with van der Waals surface area (Å²) in [5.74, 6) is 0.428. The van der Waals surface area contributed by atoms with Crippen LogP contribution in [0.3, 0.4) is 0 Å². The molecule has 0 fully saturated rings. The van der Waals surface area contributed by atoms with Crippen LogP contribution in [0.2, 0.25) is 0 Å². The molecule has 0 aliphatic heterocycles. The number of aromatic nitrogens is 1. The summed E-state index contributed by atoms with van der Waals surface area (Å²) in [7, 11) is 0. The average molecular weight is 377 g/mol. The van der Waals surface area contributed by atoms with Crippen LogP contribution in [0.25, 0.3) is 10.2 Å². The minimum atomic E-state index is -0.604. The molecular formula is C16H13BrN2O2S. The standard InChI is InChI=1S/C16H13BrN2O2S/c1-10(21-12-8-6-11(17)7-9-12)15(20)19-16-18-13-4-2-3-5-14(13)22-16/h2-10H,1H3,(H,18,19,20). The first-order chi connectivity index (χ1) is 10.6. The van der Waals surface area contributed by atoms with Gasteiger partial charge in [0.15, 0.2) is 11.2 Å². The zero-order valence-corrected chi connectivity index (χ0v) is 14.1. The number of nitrogens with one attached hydrogen (secondary N) is 1. The number of fused-ring (bicyclic) bond motifs is 1. The fourth-order valence-electron chi connectivity index (χ4n) is 1.90. The largest absolute Gasteiger partial charge is 0.481 e. The fraction of sp³-hybridized carbons (Fsp3) is 0.125. The third kappa shape index (κ3) is 3.45. The zero-order chi connectivity index (χ0) is 15.5. The van der Waals surface area contributed by atoms with Crippen LogP contribution in [-0.4, -0.2) is 17.0 Å². The Morgan fingerprint density at radius 1 is 1.23 bits per heavy atom. The van der Waals surface area contributed by atoms with Gasteiger partial charge in [0, 0.05) is 4.47 Å². The number of halogens is 1. The van der Waals surface area contributed by atoms with E-state index in [9.17, 15) is 4.79 Å². The molecule has 4 nitrogen and oxygen atoms in total. The van der Waals surface area contributed by atoms with Crippen LogP contribution in [0.15, 0.2) is 53.0 Å². The van der Waals surface area contributed by atoms with Crippen molar-refractivity contribution in [2.45, 2.75) is 13.0 Å². The van der Waals surface area contributed by atoms with Gasteiger partial charge in [-0.15, -0.1) is 0 Å². The molecule has 22 heavy (non-hydrogen) atoms. The summed E-state index contributed by atoms with van der Waals surface area (Å²) in [4.78, 5) is 16.6. The van der Waals surface area contributed by atoms with Crippen molar-refractivity contribution in [3.8, 4) is 5.75 Å². The van der Waals surface area contributed by atoms with Gasteiger partial charge in [0.2, 0.25) is 0 Å². The van der Waals surface area contributed by atoms with E-state index >= 15 is 0 Å². The van der Waals surface area contributed by atoms with Gasteiger partial charge in [-0.05, 0) is 43.3 Å². The van der Waals surface area contributed by atoms with E-state index < -0.39 is 6.10 Å². The Morgan fingerprint density at radius 2 is 1.95 bits per heavy atom. The highest BCUT2D eigenvalue weighted by molar-refractivity contribution is 9.10. The van der Waals surface area contributed by atoms with Crippen LogP contribution in [0.5, 0.6) is 5.75 Å². The number of carbonyl (C=O) groups is 1. The molecule has 112 valence electrons. The Kier molecular flexibility index (Phi) is 4.40. The number of nitrogens with zero attached hydrogens (tertiary/aromatic N) is 1. The molecule has 3 rings (SSSR count). The molecule has 1 unspecified atom stereocenters. The highest BCUT2D eigenvalue weighted by atomic mass is 79.9. The van der Waals surface area contributed by atoms with Gasteiger partial charge in [-0.25, -0.2) is 4.98 Å². The minimum absolute atomic E-state index is 0.220. The van der Waals surface area contributed by atoms with E-state index in [1.165, 1.54) is 11.3 Å². The van der Waals surface area contributed by atoms with Crippen molar-refractivity contribution in [3.63, 3.8) is 0 Å². The van der Waals surface area contributed by atoms with E-state index in [4.69, 9.17) is 4.74 Å². The predicted octanol–water partition coefficient (Wildman–Crippen LogP) is 4.46. The second-order valence-corrected chi connectivity index (χ2v) is 6.64. The Labute approximate surface area is 140 Å². The molecule has 1 heterocycles. The third-order valence-corrected chi connectivity index (χ3v) is 4.50. The highest BCUT2D eigenvalue weighted by Crippen LogP contribution is 2.25. The minimum Gasteiger partial charge on any atom is -0.481 e. The van der Waals surface area contributed by atoms with Gasteiger partial charge in [-0.2, -0.15) is 0 Å². The number of ether oxygens (including phenoxy) is 1. The summed E-state index contributed by atoms with van der Waals surface area (Å²) in [6.07, 6.45) is -0.604. The lowest BCUT2D eigenvalue weighted by atomic mass is 10.3. The molecule has 0 aliphatic rings. The van der Waals surface area contributed by atoms with E-state index in [0.717, 1.165) is 14.7 Å². The summed E-state index contributed by atoms with van der Waals surface area (Å²) < 4.78 is 7.63. The smallest absolute Gasteiger partial charge is 0.266 e. The van der Waals surface area contributed by atoms with Crippen LogP contribution >= 0.6 is 27.3 Å². The summed E-state index contributed by atoms with van der Waals surface area (Å²) in [5.41, 5.74) is 0.879. The van der Waals surface area contributed by atoms with Gasteiger partial charge >= 0.3 is 0 Å². The second kappa shape index (κ2) is 6.46. The van der Waals surface area contributed by atoms with Crippen molar-refractivity contribution < 1.29 is 9.53 Å². The highest BCUT2D eigenvalue weighted by Gasteiger charge is 2.16. The summed E-state index contributed by atoms with van der Waals surface area (Å²) in [6, 6.07) is 15.1. The molecular weight excluding hydrogens is 364 g/mol. The lowest BCUT2D eigenvalue weighted by Gasteiger charge is -2.13. The van der Waals surface area contributed by atoms with Crippen LogP contribution < -0.4 is 10.1 Å². The summed E-state index contributed by atoms with van der Waals surface area (Å²) in [6.45, 7) is 1.71. The zero-order valence-electron chi connectivity index (χ0n) is 11.7. The lowest BCUT2D eigenvalue weighted by Crippen LogP contribution is -2.30. The Balaban J connectivity index is 1.66. The molecule has 0 spiro atoms. The van der Waals surface area contributed by atoms with Crippen molar-refractivity contribution in [1.82, 2.24) is 4.98 Å². The molecule has 0 saturated carbocycles. The van der Waals surface area contributed by atoms with Gasteiger partial charge in [0.1, 0.15) is 5.75 Å². The van der Waals surface area contributed by atoms with Gasteiger partial charge in [-0.3, -0.25) is 10.1 Å². The SMILES string of the molecule is CC(Oc1ccc(Br)cc1)C(=O)Nc1nc2ccccc2s1. The normalized spacial score (nSPS) is 12.1.